The summed E-state index contributed by atoms with van der Waals surface area (Å²) >= 11 is 0. The second-order valence-corrected chi connectivity index (χ2v) is 8.10. The number of benzene rings is 2. The number of nitrogens with one attached hydrogen (secondary N) is 1. The minimum Gasteiger partial charge on any atom is -0.350 e. The third-order valence-corrected chi connectivity index (χ3v) is 5.77. The van der Waals surface area contributed by atoms with Crippen LogP contribution in [0.15, 0.2) is 43.0 Å². The van der Waals surface area contributed by atoms with E-state index in [1.165, 1.54) is 17.3 Å². The molecule has 1 unspecified atom stereocenters. The zero-order valence-electron chi connectivity index (χ0n) is 18.9. The van der Waals surface area contributed by atoms with Gasteiger partial charge in [-0.3, -0.25) is 14.3 Å². The van der Waals surface area contributed by atoms with E-state index in [-0.39, 0.29) is 23.6 Å². The summed E-state index contributed by atoms with van der Waals surface area (Å²) in [6.07, 6.45) is -2.94. The molecule has 0 aliphatic carbocycles. The second-order valence-electron chi connectivity index (χ2n) is 8.10. The Hall–Kier alpha value is -4.14. The molecule has 37 heavy (non-hydrogen) atoms. The molecular weight excluding hydrogens is 510 g/mol. The lowest BCUT2D eigenvalue weighted by Crippen LogP contribution is -2.61. The van der Waals surface area contributed by atoms with Crippen LogP contribution in [0, 0.1) is 17.5 Å². The number of hydrogen-bond acceptors (Lipinski definition) is 6. The third-order valence-electron chi connectivity index (χ3n) is 5.77. The van der Waals surface area contributed by atoms with Crippen LogP contribution in [0.3, 0.4) is 0 Å². The number of aliphatic hydroxyl groups is 1. The molecule has 4 rings (SSSR count). The summed E-state index contributed by atoms with van der Waals surface area (Å²) in [6.45, 7) is -0.541. The normalized spacial score (nSPS) is 17.4. The summed E-state index contributed by atoms with van der Waals surface area (Å²) in [4.78, 5) is 29.6. The first-order valence-corrected chi connectivity index (χ1v) is 10.6. The molecule has 1 aliphatic rings. The minimum atomic E-state index is -5.36. The van der Waals surface area contributed by atoms with Gasteiger partial charge in [-0.25, -0.2) is 18.2 Å². The largest absolute Gasteiger partial charge is 0.471 e. The highest BCUT2D eigenvalue weighted by molar-refractivity contribution is 6.04. The number of alkyl halides is 3. The predicted molar refractivity (Wildman–Crippen MR) is 116 cm³/mol. The molecule has 0 saturated carbocycles. The molecule has 1 atom stereocenters. The van der Waals surface area contributed by atoms with Crippen molar-refractivity contribution < 1.29 is 41.0 Å². The summed E-state index contributed by atoms with van der Waals surface area (Å²) in [5, 5.41) is 17.0. The Morgan fingerprint density at radius 1 is 1.16 bits per heavy atom. The van der Waals surface area contributed by atoms with Gasteiger partial charge in [-0.15, -0.1) is 0 Å². The van der Waals surface area contributed by atoms with E-state index < -0.39 is 64.7 Å². The van der Waals surface area contributed by atoms with E-state index in [0.717, 1.165) is 30.1 Å². The van der Waals surface area contributed by atoms with E-state index in [4.69, 9.17) is 0 Å². The summed E-state index contributed by atoms with van der Waals surface area (Å²) in [7, 11) is 1.14. The van der Waals surface area contributed by atoms with Gasteiger partial charge < -0.3 is 20.2 Å². The van der Waals surface area contributed by atoms with Gasteiger partial charge in [-0.2, -0.15) is 18.3 Å². The van der Waals surface area contributed by atoms with Crippen LogP contribution in [-0.4, -0.2) is 51.5 Å². The van der Waals surface area contributed by atoms with E-state index in [1.807, 2.05) is 0 Å². The maximum Gasteiger partial charge on any atom is 0.471 e. The van der Waals surface area contributed by atoms with Crippen LogP contribution in [0.25, 0.3) is 0 Å². The lowest BCUT2D eigenvalue weighted by molar-refractivity contribution is -0.170. The van der Waals surface area contributed by atoms with E-state index in [2.05, 4.69) is 15.4 Å². The van der Waals surface area contributed by atoms with Crippen LogP contribution in [-0.2, 0) is 17.2 Å². The number of aryl methyl sites for hydroxylation is 1. The van der Waals surface area contributed by atoms with Gasteiger partial charge in [0, 0.05) is 26.2 Å². The first kappa shape index (κ1) is 25.9. The van der Waals surface area contributed by atoms with Crippen LogP contribution in [0.2, 0.25) is 0 Å². The molecule has 1 aliphatic heterocycles. The van der Waals surface area contributed by atoms with Crippen LogP contribution < -0.4 is 15.1 Å². The van der Waals surface area contributed by atoms with Crippen molar-refractivity contribution in [2.24, 2.45) is 0 Å². The average molecular weight is 528 g/mol. The monoisotopic (exact) mass is 528 g/mol. The van der Waals surface area contributed by atoms with E-state index in [0.29, 0.717) is 12.1 Å². The zero-order chi connectivity index (χ0) is 27.1. The highest BCUT2D eigenvalue weighted by Gasteiger charge is 2.47. The highest BCUT2D eigenvalue weighted by Crippen LogP contribution is 2.39. The first-order valence-electron chi connectivity index (χ1n) is 10.6. The number of anilines is 2. The minimum absolute atomic E-state index is 0.0557. The van der Waals surface area contributed by atoms with Crippen LogP contribution in [0.5, 0.6) is 0 Å². The molecule has 9 nitrogen and oxygen atoms in total. The fraction of sp³-hybridized carbons (Fsp3) is 0.273. The fourth-order valence-electron chi connectivity index (χ4n) is 3.94. The molecule has 3 aromatic rings. The summed E-state index contributed by atoms with van der Waals surface area (Å²) in [6, 6.07) is 3.51. The predicted octanol–water partition coefficient (Wildman–Crippen LogP) is 2.66. The van der Waals surface area contributed by atoms with Crippen molar-refractivity contribution in [2.75, 3.05) is 23.4 Å². The average Bonchev–Trinajstić information content (AvgIpc) is 3.33. The van der Waals surface area contributed by atoms with E-state index in [1.54, 1.807) is 0 Å². The number of carbonyl (C=O) groups excluding carboxylic acids is 2. The van der Waals surface area contributed by atoms with Crippen molar-refractivity contribution in [1.82, 2.24) is 20.1 Å². The van der Waals surface area contributed by atoms with Crippen LogP contribution in [0.4, 0.5) is 37.7 Å². The van der Waals surface area contributed by atoms with Gasteiger partial charge in [0.05, 0.1) is 22.5 Å². The Labute approximate surface area is 204 Å². The summed E-state index contributed by atoms with van der Waals surface area (Å²) < 4.78 is 84.4. The number of aromatic nitrogens is 3. The van der Waals surface area contributed by atoms with Gasteiger partial charge in [0.2, 0.25) is 5.85 Å². The molecule has 2 N–H and O–H groups in total. The molecule has 15 heteroatoms. The van der Waals surface area contributed by atoms with Gasteiger partial charge >= 0.3 is 12.1 Å². The molecule has 0 saturated heterocycles. The van der Waals surface area contributed by atoms with Crippen LogP contribution in [0.1, 0.15) is 22.3 Å². The summed E-state index contributed by atoms with van der Waals surface area (Å²) in [5.41, 5.74) is -2.14. The maximum atomic E-state index is 15.0. The lowest BCUT2D eigenvalue weighted by Gasteiger charge is -2.43. The number of hydrogen-bond donors (Lipinski definition) is 2. The van der Waals surface area contributed by atoms with Crippen molar-refractivity contribution in [3.05, 3.63) is 71.6 Å². The van der Waals surface area contributed by atoms with Crippen LogP contribution >= 0.6 is 0 Å². The smallest absolute Gasteiger partial charge is 0.350 e. The molecule has 1 aromatic heterocycles. The molecule has 0 spiro atoms. The number of fused-ring (bicyclic) bond motifs is 1. The first-order chi connectivity index (χ1) is 17.3. The topological polar surface area (TPSA) is 104 Å². The lowest BCUT2D eigenvalue weighted by atomic mass is 9.99. The maximum absolute atomic E-state index is 15.0. The third kappa shape index (κ3) is 4.81. The van der Waals surface area contributed by atoms with E-state index >= 15 is 4.39 Å². The number of rotatable bonds is 6. The molecule has 196 valence electrons. The van der Waals surface area contributed by atoms with Gasteiger partial charge in [0.25, 0.3) is 5.91 Å². The quantitative estimate of drug-likeness (QED) is 0.477. The number of amides is 2. The Kier molecular flexibility index (Phi) is 6.58. The summed E-state index contributed by atoms with van der Waals surface area (Å²) in [5.74, 6) is -9.60. The molecule has 2 heterocycles. The fourth-order valence-corrected chi connectivity index (χ4v) is 3.94. The van der Waals surface area contributed by atoms with Gasteiger partial charge in [-0.05, 0) is 30.7 Å². The van der Waals surface area contributed by atoms with Gasteiger partial charge in [0.15, 0.2) is 0 Å². The van der Waals surface area contributed by atoms with Crippen molar-refractivity contribution >= 4 is 23.2 Å². The Bertz CT molecular complexity index is 1350. The highest BCUT2D eigenvalue weighted by atomic mass is 19.4. The SMILES string of the molecule is CN1c2cc(N(CCCn3cncn3)C(=O)C(F)(F)F)c(F)cc2C(=O)NC1(O)c1ccc(F)cc1F. The molecule has 0 bridgehead atoms. The van der Waals surface area contributed by atoms with Crippen molar-refractivity contribution in [2.45, 2.75) is 25.0 Å². The number of halogens is 6. The van der Waals surface area contributed by atoms with Crippen molar-refractivity contribution in [3.8, 4) is 0 Å². The Morgan fingerprint density at radius 2 is 1.89 bits per heavy atom. The standard InChI is InChI=1S/C22H18F6N6O3/c1-32-17-9-18(34(20(36)21(26,27)28)6-2-5-33-11-29-10-30-33)16(25)8-13(17)19(35)31-22(32,37)14-4-3-12(23)7-15(14)24/h3-4,7-11,37H,2,5-6H2,1H3,(H,31,35). The number of carbonyl (C=O) groups is 2. The van der Waals surface area contributed by atoms with Crippen molar-refractivity contribution in [3.63, 3.8) is 0 Å². The molecular formula is C22H18F6N6O3. The molecule has 2 amide bonds. The van der Waals surface area contributed by atoms with E-state index in [9.17, 15) is 36.6 Å². The molecule has 0 radical (unpaired) electrons. The molecule has 0 fully saturated rings. The molecule has 2 aromatic carbocycles. The zero-order valence-corrected chi connectivity index (χ0v) is 18.9. The number of nitrogens with zero attached hydrogens (tertiary/aromatic N) is 5. The Morgan fingerprint density at radius 3 is 2.51 bits per heavy atom. The van der Waals surface area contributed by atoms with Crippen molar-refractivity contribution in [1.29, 1.82) is 0 Å². The van der Waals surface area contributed by atoms with Gasteiger partial charge in [-0.1, -0.05) is 0 Å². The Balaban J connectivity index is 1.76. The second kappa shape index (κ2) is 9.38. The van der Waals surface area contributed by atoms with Gasteiger partial charge in [0.1, 0.15) is 30.1 Å².